The number of alkyl halides is 1. The molecular formula is C14H20ClNO8. The van der Waals surface area contributed by atoms with Gasteiger partial charge in [-0.15, -0.1) is 0 Å². The number of rotatable bonds is 5. The molecule has 1 fully saturated rings. The summed E-state index contributed by atoms with van der Waals surface area (Å²) in [7, 11) is 0. The van der Waals surface area contributed by atoms with Crippen molar-refractivity contribution in [3.05, 3.63) is 0 Å². The quantitative estimate of drug-likeness (QED) is 0.407. The molecule has 136 valence electrons. The zero-order valence-electron chi connectivity index (χ0n) is 13.7. The smallest absolute Gasteiger partial charge is 0.303 e. The van der Waals surface area contributed by atoms with Gasteiger partial charge in [0, 0.05) is 27.7 Å². The number of hydrogen-bond acceptors (Lipinski definition) is 8. The highest BCUT2D eigenvalue weighted by Gasteiger charge is 2.50. The van der Waals surface area contributed by atoms with E-state index in [1.807, 2.05) is 0 Å². The van der Waals surface area contributed by atoms with Gasteiger partial charge in [-0.05, 0) is 0 Å². The molecule has 0 spiro atoms. The zero-order valence-corrected chi connectivity index (χ0v) is 14.5. The Morgan fingerprint density at radius 2 is 1.50 bits per heavy atom. The van der Waals surface area contributed by atoms with Crippen LogP contribution in [0.15, 0.2) is 0 Å². The van der Waals surface area contributed by atoms with Crippen molar-refractivity contribution >= 4 is 35.4 Å². The second kappa shape index (κ2) is 8.84. The average molecular weight is 366 g/mol. The van der Waals surface area contributed by atoms with Crippen molar-refractivity contribution in [2.24, 2.45) is 0 Å². The predicted molar refractivity (Wildman–Crippen MR) is 79.9 cm³/mol. The summed E-state index contributed by atoms with van der Waals surface area (Å²) >= 11 is 6.11. The molecular weight excluding hydrogens is 346 g/mol. The van der Waals surface area contributed by atoms with Crippen molar-refractivity contribution in [3.8, 4) is 0 Å². The summed E-state index contributed by atoms with van der Waals surface area (Å²) in [6, 6.07) is -0.953. The molecule has 1 aliphatic rings. The Balaban J connectivity index is 3.11. The van der Waals surface area contributed by atoms with Gasteiger partial charge in [0.25, 0.3) is 0 Å². The molecule has 0 bridgehead atoms. The lowest BCUT2D eigenvalue weighted by molar-refractivity contribution is -0.212. The van der Waals surface area contributed by atoms with Crippen LogP contribution in [0.5, 0.6) is 0 Å². The summed E-state index contributed by atoms with van der Waals surface area (Å²) < 4.78 is 20.7. The third kappa shape index (κ3) is 5.97. The van der Waals surface area contributed by atoms with Crippen LogP contribution in [-0.2, 0) is 38.1 Å². The SMILES string of the molecule is CC(=O)N[C@H]1C(Cl)OC(COC(C)=O)[C@@H](OC(C)=O)[C@@H]1OC(C)=O. The van der Waals surface area contributed by atoms with Gasteiger partial charge in [0.2, 0.25) is 5.91 Å². The first-order valence-electron chi connectivity index (χ1n) is 7.16. The first-order valence-corrected chi connectivity index (χ1v) is 7.60. The van der Waals surface area contributed by atoms with Gasteiger partial charge in [0.05, 0.1) is 0 Å². The Labute approximate surface area is 143 Å². The van der Waals surface area contributed by atoms with E-state index in [1.165, 1.54) is 13.8 Å². The zero-order chi connectivity index (χ0) is 18.4. The van der Waals surface area contributed by atoms with E-state index in [0.29, 0.717) is 0 Å². The van der Waals surface area contributed by atoms with Gasteiger partial charge in [-0.25, -0.2) is 0 Å². The highest BCUT2D eigenvalue weighted by Crippen LogP contribution is 2.28. The maximum atomic E-state index is 11.4. The van der Waals surface area contributed by atoms with E-state index in [0.717, 1.165) is 13.8 Å². The summed E-state index contributed by atoms with van der Waals surface area (Å²) in [6.07, 6.45) is -3.18. The fourth-order valence-corrected chi connectivity index (χ4v) is 2.62. The fourth-order valence-electron chi connectivity index (χ4n) is 2.28. The number of carbonyl (C=O) groups excluding carboxylic acids is 4. The van der Waals surface area contributed by atoms with Crippen molar-refractivity contribution in [3.63, 3.8) is 0 Å². The number of hydrogen-bond donors (Lipinski definition) is 1. The molecule has 1 amide bonds. The van der Waals surface area contributed by atoms with E-state index in [4.69, 9.17) is 30.5 Å². The van der Waals surface area contributed by atoms with Crippen molar-refractivity contribution in [2.45, 2.75) is 57.6 Å². The van der Waals surface area contributed by atoms with Gasteiger partial charge < -0.3 is 24.3 Å². The molecule has 24 heavy (non-hydrogen) atoms. The Hall–Kier alpha value is -1.87. The fraction of sp³-hybridized carbons (Fsp3) is 0.714. The van der Waals surface area contributed by atoms with E-state index in [1.54, 1.807) is 0 Å². The lowest BCUT2D eigenvalue weighted by Gasteiger charge is -2.43. The molecule has 0 radical (unpaired) electrons. The number of amides is 1. The standard InChI is InChI=1S/C14H20ClNO8/c1-6(17)16-11-13(23-9(4)20)12(22-8(3)19)10(24-14(11)15)5-21-7(2)18/h10-14H,5H2,1-4H3,(H,16,17)/t10?,11-,12-,13-,14?/m1/s1. The Morgan fingerprint density at radius 3 is 1.96 bits per heavy atom. The van der Waals surface area contributed by atoms with Gasteiger partial charge in [-0.3, -0.25) is 19.2 Å². The van der Waals surface area contributed by atoms with Crippen molar-refractivity contribution in [2.75, 3.05) is 6.61 Å². The highest BCUT2D eigenvalue weighted by molar-refractivity contribution is 6.20. The molecule has 0 aromatic heterocycles. The summed E-state index contributed by atoms with van der Waals surface area (Å²) in [6.45, 7) is 4.51. The van der Waals surface area contributed by atoms with Gasteiger partial charge in [0.15, 0.2) is 17.8 Å². The summed E-state index contributed by atoms with van der Waals surface area (Å²) in [5.74, 6) is -2.33. The Bertz CT molecular complexity index is 511. The van der Waals surface area contributed by atoms with Crippen LogP contribution in [-0.4, -0.2) is 60.3 Å². The van der Waals surface area contributed by atoms with Crippen LogP contribution in [0, 0.1) is 0 Å². The van der Waals surface area contributed by atoms with Crippen LogP contribution < -0.4 is 5.32 Å². The first kappa shape index (κ1) is 20.2. The molecule has 1 saturated heterocycles. The molecule has 0 aromatic carbocycles. The highest BCUT2D eigenvalue weighted by atomic mass is 35.5. The van der Waals surface area contributed by atoms with E-state index in [2.05, 4.69) is 5.32 Å². The molecule has 5 atom stereocenters. The predicted octanol–water partition coefficient (Wildman–Crippen LogP) is -0.119. The third-order valence-electron chi connectivity index (χ3n) is 3.06. The van der Waals surface area contributed by atoms with Gasteiger partial charge in [-0.1, -0.05) is 11.6 Å². The van der Waals surface area contributed by atoms with Gasteiger partial charge >= 0.3 is 17.9 Å². The maximum Gasteiger partial charge on any atom is 0.303 e. The monoisotopic (exact) mass is 365 g/mol. The van der Waals surface area contributed by atoms with Crippen LogP contribution in [0.1, 0.15) is 27.7 Å². The van der Waals surface area contributed by atoms with Crippen molar-refractivity contribution < 1.29 is 38.1 Å². The minimum Gasteiger partial charge on any atom is -0.463 e. The minimum absolute atomic E-state index is 0.263. The van der Waals surface area contributed by atoms with E-state index >= 15 is 0 Å². The topological polar surface area (TPSA) is 117 Å². The second-order valence-electron chi connectivity index (χ2n) is 5.20. The summed E-state index contributed by atoms with van der Waals surface area (Å²) in [5.41, 5.74) is -1.09. The second-order valence-corrected chi connectivity index (χ2v) is 5.63. The molecule has 10 heteroatoms. The van der Waals surface area contributed by atoms with Crippen molar-refractivity contribution in [1.82, 2.24) is 5.32 Å². The summed E-state index contributed by atoms with van der Waals surface area (Å²) in [4.78, 5) is 45.2. The lowest BCUT2D eigenvalue weighted by Crippen LogP contribution is -2.64. The Morgan fingerprint density at radius 1 is 0.958 bits per heavy atom. The van der Waals surface area contributed by atoms with E-state index in [9.17, 15) is 19.2 Å². The molecule has 1 N–H and O–H groups in total. The lowest BCUT2D eigenvalue weighted by atomic mass is 9.97. The number of ether oxygens (including phenoxy) is 4. The maximum absolute atomic E-state index is 11.4. The van der Waals surface area contributed by atoms with Crippen molar-refractivity contribution in [1.29, 1.82) is 0 Å². The Kier molecular flexibility index (Phi) is 7.43. The molecule has 1 rings (SSSR count). The molecule has 1 heterocycles. The molecule has 1 aliphatic heterocycles. The van der Waals surface area contributed by atoms with Crippen LogP contribution in [0.4, 0.5) is 0 Å². The molecule has 0 saturated carbocycles. The van der Waals surface area contributed by atoms with Crippen LogP contribution in [0.25, 0.3) is 0 Å². The largest absolute Gasteiger partial charge is 0.463 e. The summed E-state index contributed by atoms with van der Waals surface area (Å²) in [5, 5.41) is 2.50. The molecule has 9 nitrogen and oxygen atoms in total. The minimum atomic E-state index is -1.11. The number of nitrogens with one attached hydrogen (secondary N) is 1. The average Bonchev–Trinajstić information content (AvgIpc) is 2.42. The van der Waals surface area contributed by atoms with Crippen LogP contribution >= 0.6 is 11.6 Å². The van der Waals surface area contributed by atoms with Gasteiger partial charge in [-0.2, -0.15) is 0 Å². The van der Waals surface area contributed by atoms with Crippen LogP contribution in [0.2, 0.25) is 0 Å². The third-order valence-corrected chi connectivity index (χ3v) is 3.43. The molecule has 0 aromatic rings. The van der Waals surface area contributed by atoms with E-state index < -0.39 is 53.7 Å². The van der Waals surface area contributed by atoms with Crippen LogP contribution in [0.3, 0.4) is 0 Å². The van der Waals surface area contributed by atoms with Gasteiger partial charge in [0.1, 0.15) is 18.8 Å². The number of halogens is 1. The van der Waals surface area contributed by atoms with E-state index in [-0.39, 0.29) is 6.61 Å². The number of carbonyl (C=O) groups is 4. The normalized spacial score (nSPS) is 29.3. The first-order chi connectivity index (χ1) is 11.1. The molecule has 2 unspecified atom stereocenters. The number of esters is 3. The molecule has 0 aliphatic carbocycles.